The minimum absolute atomic E-state index is 0.0683. The molecule has 0 bridgehead atoms. The van der Waals surface area contributed by atoms with Gasteiger partial charge in [0.1, 0.15) is 0 Å². The summed E-state index contributed by atoms with van der Waals surface area (Å²) in [4.78, 5) is 30.3. The molecule has 0 radical (unpaired) electrons. The molecule has 1 N–H and O–H groups in total. The van der Waals surface area contributed by atoms with Crippen molar-refractivity contribution < 1.29 is 9.59 Å². The van der Waals surface area contributed by atoms with Crippen LogP contribution in [0.5, 0.6) is 0 Å². The molecule has 0 saturated carbocycles. The number of thiophene rings is 1. The molecule has 1 fully saturated rings. The fourth-order valence-electron chi connectivity index (χ4n) is 3.62. The van der Waals surface area contributed by atoms with Gasteiger partial charge < -0.3 is 14.8 Å². The van der Waals surface area contributed by atoms with E-state index in [-0.39, 0.29) is 11.8 Å². The minimum Gasteiger partial charge on any atom is -0.355 e. The number of hydrogen-bond donors (Lipinski definition) is 1. The van der Waals surface area contributed by atoms with E-state index in [0.29, 0.717) is 19.6 Å². The Bertz CT molecular complexity index is 805. The van der Waals surface area contributed by atoms with E-state index in [1.54, 1.807) is 11.3 Å². The Balaban J connectivity index is 1.59. The monoisotopic (exact) mass is 402 g/mol. The smallest absolute Gasteiger partial charge is 0.255 e. The second-order valence-corrected chi connectivity index (χ2v) is 8.40. The molecule has 1 saturated heterocycles. The van der Waals surface area contributed by atoms with Crippen LogP contribution in [0.2, 0.25) is 0 Å². The average molecular weight is 403 g/mol. The average Bonchev–Trinajstić information content (AvgIpc) is 3.30. The topological polar surface area (TPSA) is 57.6 Å². The van der Waals surface area contributed by atoms with Crippen molar-refractivity contribution in [2.24, 2.45) is 0 Å². The summed E-state index contributed by atoms with van der Waals surface area (Å²) in [5, 5.41) is 4.99. The highest BCUT2D eigenvalue weighted by atomic mass is 32.1. The van der Waals surface area contributed by atoms with Crippen LogP contribution in [-0.4, -0.2) is 65.4 Å². The molecule has 0 unspecified atom stereocenters. The SMILES string of the molecule is CCCNC(=O)CN1CCN(C(=O)c2cc(C)n(Cc3cccs3)c2C)CC1. The molecule has 1 aliphatic rings. The highest BCUT2D eigenvalue weighted by Crippen LogP contribution is 2.21. The molecule has 1 aliphatic heterocycles. The second-order valence-electron chi connectivity index (χ2n) is 7.37. The van der Waals surface area contributed by atoms with Gasteiger partial charge in [-0.1, -0.05) is 13.0 Å². The van der Waals surface area contributed by atoms with Crippen LogP contribution in [0.15, 0.2) is 23.6 Å². The summed E-state index contributed by atoms with van der Waals surface area (Å²) < 4.78 is 2.22. The first-order valence-corrected chi connectivity index (χ1v) is 10.8. The molecule has 2 aromatic heterocycles. The Hall–Kier alpha value is -2.12. The van der Waals surface area contributed by atoms with E-state index in [2.05, 4.69) is 39.2 Å². The lowest BCUT2D eigenvalue weighted by Gasteiger charge is -2.34. The molecular weight excluding hydrogens is 372 g/mol. The molecule has 3 heterocycles. The molecule has 6 nitrogen and oxygen atoms in total. The first-order valence-electron chi connectivity index (χ1n) is 9.97. The highest BCUT2D eigenvalue weighted by Gasteiger charge is 2.26. The zero-order valence-corrected chi connectivity index (χ0v) is 17.8. The van der Waals surface area contributed by atoms with Crippen LogP contribution in [0.3, 0.4) is 0 Å². The van der Waals surface area contributed by atoms with Crippen LogP contribution in [0.1, 0.15) is 40.0 Å². The van der Waals surface area contributed by atoms with Crippen LogP contribution in [0.4, 0.5) is 0 Å². The van der Waals surface area contributed by atoms with E-state index in [1.807, 2.05) is 24.8 Å². The van der Waals surface area contributed by atoms with Crippen molar-refractivity contribution in [1.82, 2.24) is 19.7 Å². The van der Waals surface area contributed by atoms with Crippen molar-refractivity contribution in [1.29, 1.82) is 0 Å². The number of carbonyl (C=O) groups is 2. The van der Waals surface area contributed by atoms with Crippen LogP contribution in [0.25, 0.3) is 0 Å². The number of aryl methyl sites for hydroxylation is 1. The van der Waals surface area contributed by atoms with Crippen molar-refractivity contribution in [2.45, 2.75) is 33.7 Å². The van der Waals surface area contributed by atoms with Gasteiger partial charge in [0.25, 0.3) is 5.91 Å². The fourth-order valence-corrected chi connectivity index (χ4v) is 4.31. The van der Waals surface area contributed by atoms with Crippen LogP contribution < -0.4 is 5.32 Å². The van der Waals surface area contributed by atoms with E-state index < -0.39 is 0 Å². The number of nitrogens with zero attached hydrogens (tertiary/aromatic N) is 3. The Morgan fingerprint density at radius 2 is 1.93 bits per heavy atom. The largest absolute Gasteiger partial charge is 0.355 e. The second kappa shape index (κ2) is 9.39. The van der Waals surface area contributed by atoms with Crippen LogP contribution in [0, 0.1) is 13.8 Å². The van der Waals surface area contributed by atoms with Gasteiger partial charge in [0, 0.05) is 49.0 Å². The van der Waals surface area contributed by atoms with Crippen molar-refractivity contribution in [3.05, 3.63) is 45.4 Å². The molecule has 7 heteroatoms. The van der Waals surface area contributed by atoms with Gasteiger partial charge in [0.15, 0.2) is 0 Å². The maximum atomic E-state index is 13.1. The summed E-state index contributed by atoms with van der Waals surface area (Å²) in [6, 6.07) is 6.19. The summed E-state index contributed by atoms with van der Waals surface area (Å²) in [5.74, 6) is 0.166. The van der Waals surface area contributed by atoms with Crippen molar-refractivity contribution in [3.8, 4) is 0 Å². The number of nitrogens with one attached hydrogen (secondary N) is 1. The lowest BCUT2D eigenvalue weighted by atomic mass is 10.2. The van der Waals surface area contributed by atoms with Gasteiger partial charge in [-0.25, -0.2) is 0 Å². The van der Waals surface area contributed by atoms with E-state index in [9.17, 15) is 9.59 Å². The Morgan fingerprint density at radius 1 is 1.18 bits per heavy atom. The molecule has 0 atom stereocenters. The zero-order chi connectivity index (χ0) is 20.1. The summed E-state index contributed by atoms with van der Waals surface area (Å²) >= 11 is 1.74. The summed E-state index contributed by atoms with van der Waals surface area (Å²) in [6.07, 6.45) is 0.943. The van der Waals surface area contributed by atoms with Gasteiger partial charge in [-0.05, 0) is 37.8 Å². The van der Waals surface area contributed by atoms with Crippen LogP contribution in [-0.2, 0) is 11.3 Å². The lowest BCUT2D eigenvalue weighted by molar-refractivity contribution is -0.122. The van der Waals surface area contributed by atoms with Crippen molar-refractivity contribution >= 4 is 23.2 Å². The lowest BCUT2D eigenvalue weighted by Crippen LogP contribution is -2.51. The van der Waals surface area contributed by atoms with Crippen LogP contribution >= 0.6 is 11.3 Å². The molecule has 152 valence electrons. The third-order valence-electron chi connectivity index (χ3n) is 5.30. The first kappa shape index (κ1) is 20.6. The Kier molecular flexibility index (Phi) is 6.91. The first-order chi connectivity index (χ1) is 13.5. The van der Waals surface area contributed by atoms with E-state index >= 15 is 0 Å². The van der Waals surface area contributed by atoms with Gasteiger partial charge in [-0.3, -0.25) is 14.5 Å². The molecular formula is C21H30N4O2S. The molecule has 28 heavy (non-hydrogen) atoms. The maximum Gasteiger partial charge on any atom is 0.255 e. The highest BCUT2D eigenvalue weighted by molar-refractivity contribution is 7.09. The molecule has 0 spiro atoms. The van der Waals surface area contributed by atoms with Gasteiger partial charge >= 0.3 is 0 Å². The normalized spacial score (nSPS) is 15.0. The van der Waals surface area contributed by atoms with E-state index in [1.165, 1.54) is 4.88 Å². The molecule has 0 aromatic carbocycles. The van der Waals surface area contributed by atoms with Gasteiger partial charge in [0.2, 0.25) is 5.91 Å². The molecule has 3 rings (SSSR count). The maximum absolute atomic E-state index is 13.1. The number of amides is 2. The predicted molar refractivity (Wildman–Crippen MR) is 113 cm³/mol. The fraction of sp³-hybridized carbons (Fsp3) is 0.524. The summed E-state index contributed by atoms with van der Waals surface area (Å²) in [7, 11) is 0. The zero-order valence-electron chi connectivity index (χ0n) is 17.0. The minimum atomic E-state index is 0.0683. The van der Waals surface area contributed by atoms with E-state index in [4.69, 9.17) is 0 Å². The third kappa shape index (κ3) is 4.83. The Labute approximate surface area is 171 Å². The standard InChI is InChI=1S/C21H30N4O2S/c1-4-7-22-20(26)15-23-8-10-24(11-9-23)21(27)19-13-16(2)25(17(19)3)14-18-6-5-12-28-18/h5-6,12-13H,4,7-11,14-15H2,1-3H3,(H,22,26). The molecule has 0 aliphatic carbocycles. The number of carbonyl (C=O) groups excluding carboxylic acids is 2. The number of hydrogen-bond acceptors (Lipinski definition) is 4. The third-order valence-corrected chi connectivity index (χ3v) is 6.16. The van der Waals surface area contributed by atoms with Gasteiger partial charge in [0.05, 0.1) is 18.7 Å². The van der Waals surface area contributed by atoms with Gasteiger partial charge in [-0.15, -0.1) is 11.3 Å². The predicted octanol–water partition coefficient (Wildman–Crippen LogP) is 2.50. The Morgan fingerprint density at radius 3 is 2.57 bits per heavy atom. The quantitative estimate of drug-likeness (QED) is 0.774. The summed E-state index contributed by atoms with van der Waals surface area (Å²) in [5.41, 5.74) is 2.93. The summed E-state index contributed by atoms with van der Waals surface area (Å²) in [6.45, 7) is 10.9. The molecule has 2 amide bonds. The number of aromatic nitrogens is 1. The van der Waals surface area contributed by atoms with Crippen molar-refractivity contribution in [2.75, 3.05) is 39.3 Å². The number of piperazine rings is 1. The van der Waals surface area contributed by atoms with Gasteiger partial charge in [-0.2, -0.15) is 0 Å². The molecule has 2 aromatic rings. The number of rotatable bonds is 7. The van der Waals surface area contributed by atoms with E-state index in [0.717, 1.165) is 49.6 Å². The van der Waals surface area contributed by atoms with Crippen molar-refractivity contribution in [3.63, 3.8) is 0 Å².